The van der Waals surface area contributed by atoms with Gasteiger partial charge in [0.1, 0.15) is 0 Å². The molecule has 2 N–H and O–H groups in total. The van der Waals surface area contributed by atoms with E-state index in [0.29, 0.717) is 0 Å². The van der Waals surface area contributed by atoms with E-state index in [1.54, 1.807) is 6.92 Å². The summed E-state index contributed by atoms with van der Waals surface area (Å²) >= 11 is 0. The van der Waals surface area contributed by atoms with Crippen molar-refractivity contribution in [1.29, 1.82) is 0 Å². The van der Waals surface area contributed by atoms with Crippen molar-refractivity contribution in [2.75, 3.05) is 6.61 Å². The molecule has 1 amide bonds. The average Bonchev–Trinajstić information content (AvgIpc) is 2.17. The zero-order valence-electron chi connectivity index (χ0n) is 8.80. The smallest absolute Gasteiger partial charge is 0.248 e. The number of carbonyl (C=O) groups excluding carboxylic acids is 1. The molecule has 1 rings (SSSR count). The van der Waals surface area contributed by atoms with Crippen molar-refractivity contribution < 1.29 is 18.7 Å². The minimum absolute atomic E-state index is 0.130. The number of rotatable bonds is 3. The fourth-order valence-corrected chi connectivity index (χ4v) is 1.71. The predicted octanol–water partition coefficient (Wildman–Crippen LogP) is 1.31. The lowest BCUT2D eigenvalue weighted by Crippen LogP contribution is -2.41. The van der Waals surface area contributed by atoms with Crippen molar-refractivity contribution >= 4 is 5.91 Å². The van der Waals surface area contributed by atoms with Crippen LogP contribution in [0.5, 0.6) is 0 Å². The minimum Gasteiger partial charge on any atom is -0.394 e. The quantitative estimate of drug-likeness (QED) is 0.755. The van der Waals surface area contributed by atoms with E-state index < -0.39 is 5.92 Å². The van der Waals surface area contributed by atoms with Gasteiger partial charge in [-0.1, -0.05) is 0 Å². The first kappa shape index (κ1) is 12.4. The second-order valence-corrected chi connectivity index (χ2v) is 4.22. The van der Waals surface area contributed by atoms with Gasteiger partial charge in [0.15, 0.2) is 0 Å². The standard InChI is InChI=1S/C10H17F2NO2/c1-7(6-14)13-9(15)8-2-4-10(11,12)5-3-8/h7-8,14H,2-6H2,1H3,(H,13,15). The highest BCUT2D eigenvalue weighted by atomic mass is 19.3. The third-order valence-electron chi connectivity index (χ3n) is 2.75. The summed E-state index contributed by atoms with van der Waals surface area (Å²) in [6.45, 7) is 1.55. The number of nitrogens with one attached hydrogen (secondary N) is 1. The van der Waals surface area contributed by atoms with E-state index in [0.717, 1.165) is 0 Å². The summed E-state index contributed by atoms with van der Waals surface area (Å²) in [6, 6.07) is -0.306. The zero-order valence-corrected chi connectivity index (χ0v) is 8.80. The van der Waals surface area contributed by atoms with Gasteiger partial charge in [0, 0.05) is 24.8 Å². The molecule has 1 atom stereocenters. The van der Waals surface area contributed by atoms with Crippen LogP contribution in [-0.4, -0.2) is 29.6 Å². The fourth-order valence-electron chi connectivity index (χ4n) is 1.71. The number of hydrogen-bond donors (Lipinski definition) is 2. The molecular formula is C10H17F2NO2. The van der Waals surface area contributed by atoms with Crippen LogP contribution in [0.2, 0.25) is 0 Å². The molecular weight excluding hydrogens is 204 g/mol. The van der Waals surface area contributed by atoms with Crippen LogP contribution in [-0.2, 0) is 4.79 Å². The van der Waals surface area contributed by atoms with Crippen molar-refractivity contribution in [3.8, 4) is 0 Å². The lowest BCUT2D eigenvalue weighted by atomic mass is 9.86. The van der Waals surface area contributed by atoms with Gasteiger partial charge in [-0.05, 0) is 19.8 Å². The number of alkyl halides is 2. The van der Waals surface area contributed by atoms with E-state index in [2.05, 4.69) is 5.32 Å². The summed E-state index contributed by atoms with van der Waals surface area (Å²) in [7, 11) is 0. The molecule has 0 aromatic heterocycles. The number of hydrogen-bond acceptors (Lipinski definition) is 2. The van der Waals surface area contributed by atoms with Crippen molar-refractivity contribution in [2.45, 2.75) is 44.6 Å². The summed E-state index contributed by atoms with van der Waals surface area (Å²) in [5.41, 5.74) is 0. The topological polar surface area (TPSA) is 49.3 Å². The Morgan fingerprint density at radius 3 is 2.53 bits per heavy atom. The highest BCUT2D eigenvalue weighted by Gasteiger charge is 2.37. The Bertz CT molecular complexity index is 223. The van der Waals surface area contributed by atoms with Crippen LogP contribution in [0.25, 0.3) is 0 Å². The summed E-state index contributed by atoms with van der Waals surface area (Å²) in [5.74, 6) is -3.13. The van der Waals surface area contributed by atoms with Gasteiger partial charge in [0.25, 0.3) is 0 Å². The van der Waals surface area contributed by atoms with Crippen LogP contribution in [0.1, 0.15) is 32.6 Å². The normalized spacial score (nSPS) is 23.5. The molecule has 0 aromatic rings. The van der Waals surface area contributed by atoms with Crippen LogP contribution in [0.4, 0.5) is 8.78 Å². The maximum atomic E-state index is 12.8. The first-order valence-corrected chi connectivity index (χ1v) is 5.23. The summed E-state index contributed by atoms with van der Waals surface area (Å²) < 4.78 is 25.6. The van der Waals surface area contributed by atoms with E-state index in [1.807, 2.05) is 0 Å². The van der Waals surface area contributed by atoms with Gasteiger partial charge in [-0.2, -0.15) is 0 Å². The van der Waals surface area contributed by atoms with Crippen LogP contribution in [0, 0.1) is 5.92 Å². The first-order valence-electron chi connectivity index (χ1n) is 5.23. The molecule has 0 heterocycles. The molecule has 3 nitrogen and oxygen atoms in total. The van der Waals surface area contributed by atoms with Crippen molar-refractivity contribution in [2.24, 2.45) is 5.92 Å². The molecule has 1 aliphatic carbocycles. The number of halogens is 2. The molecule has 0 spiro atoms. The van der Waals surface area contributed by atoms with Gasteiger partial charge >= 0.3 is 0 Å². The number of aliphatic hydroxyl groups is 1. The third kappa shape index (κ3) is 3.74. The Balaban J connectivity index is 2.36. The molecule has 88 valence electrons. The maximum absolute atomic E-state index is 12.8. The summed E-state index contributed by atoms with van der Waals surface area (Å²) in [6.07, 6.45) is 0.0468. The van der Waals surface area contributed by atoms with Gasteiger partial charge in [-0.3, -0.25) is 4.79 Å². The van der Waals surface area contributed by atoms with Gasteiger partial charge in [0.05, 0.1) is 6.61 Å². The molecule has 0 bridgehead atoms. The maximum Gasteiger partial charge on any atom is 0.248 e. The fraction of sp³-hybridized carbons (Fsp3) is 0.900. The van der Waals surface area contributed by atoms with Crippen molar-refractivity contribution in [3.63, 3.8) is 0 Å². The van der Waals surface area contributed by atoms with E-state index in [9.17, 15) is 13.6 Å². The zero-order chi connectivity index (χ0) is 11.5. The lowest BCUT2D eigenvalue weighted by molar-refractivity contribution is -0.130. The van der Waals surface area contributed by atoms with Gasteiger partial charge in [0.2, 0.25) is 11.8 Å². The van der Waals surface area contributed by atoms with E-state index in [1.165, 1.54) is 0 Å². The molecule has 1 unspecified atom stereocenters. The second kappa shape index (κ2) is 4.88. The van der Waals surface area contributed by atoms with Crippen LogP contribution >= 0.6 is 0 Å². The van der Waals surface area contributed by atoms with Crippen LogP contribution in [0.3, 0.4) is 0 Å². The average molecular weight is 221 g/mol. The number of carbonyl (C=O) groups is 1. The summed E-state index contributed by atoms with van der Waals surface area (Å²) in [5, 5.41) is 11.3. The molecule has 1 fully saturated rings. The Kier molecular flexibility index (Phi) is 4.02. The van der Waals surface area contributed by atoms with E-state index >= 15 is 0 Å². The second-order valence-electron chi connectivity index (χ2n) is 4.22. The van der Waals surface area contributed by atoms with Gasteiger partial charge < -0.3 is 10.4 Å². The molecule has 5 heteroatoms. The monoisotopic (exact) mass is 221 g/mol. The summed E-state index contributed by atoms with van der Waals surface area (Å²) in [4.78, 5) is 11.5. The lowest BCUT2D eigenvalue weighted by Gasteiger charge is -2.28. The molecule has 0 radical (unpaired) electrons. The molecule has 1 aliphatic rings. The Morgan fingerprint density at radius 1 is 1.53 bits per heavy atom. The predicted molar refractivity (Wildman–Crippen MR) is 51.6 cm³/mol. The van der Waals surface area contributed by atoms with Crippen molar-refractivity contribution in [3.05, 3.63) is 0 Å². The first-order chi connectivity index (χ1) is 6.94. The SMILES string of the molecule is CC(CO)NC(=O)C1CCC(F)(F)CC1. The Morgan fingerprint density at radius 2 is 2.07 bits per heavy atom. The van der Waals surface area contributed by atoms with E-state index in [4.69, 9.17) is 5.11 Å². The van der Waals surface area contributed by atoms with Crippen LogP contribution < -0.4 is 5.32 Å². The highest BCUT2D eigenvalue weighted by molar-refractivity contribution is 5.79. The Labute approximate surface area is 87.9 Å². The number of aliphatic hydroxyl groups excluding tert-OH is 1. The van der Waals surface area contributed by atoms with Crippen LogP contribution in [0.15, 0.2) is 0 Å². The van der Waals surface area contributed by atoms with E-state index in [-0.39, 0.29) is 50.2 Å². The van der Waals surface area contributed by atoms with Gasteiger partial charge in [-0.15, -0.1) is 0 Å². The molecule has 0 saturated heterocycles. The molecule has 0 aliphatic heterocycles. The van der Waals surface area contributed by atoms with Crippen molar-refractivity contribution in [1.82, 2.24) is 5.32 Å². The third-order valence-corrected chi connectivity index (χ3v) is 2.75. The van der Waals surface area contributed by atoms with Gasteiger partial charge in [-0.25, -0.2) is 8.78 Å². The molecule has 1 saturated carbocycles. The molecule has 0 aromatic carbocycles. The Hall–Kier alpha value is -0.710. The largest absolute Gasteiger partial charge is 0.394 e. The molecule has 15 heavy (non-hydrogen) atoms. The highest BCUT2D eigenvalue weighted by Crippen LogP contribution is 2.36. The minimum atomic E-state index is -2.60. The number of amides is 1.